The molecular weight excluding hydrogens is 623 g/mol. The molecule has 0 spiro atoms. The van der Waals surface area contributed by atoms with E-state index in [4.69, 9.17) is 0 Å². The Morgan fingerprint density at radius 1 is 0.872 bits per heavy atom. The molecule has 1 heterocycles. The van der Waals surface area contributed by atoms with E-state index in [1.165, 1.54) is 12.1 Å². The van der Waals surface area contributed by atoms with Crippen molar-refractivity contribution in [2.24, 2.45) is 5.92 Å². The minimum absolute atomic E-state index is 0.0307. The van der Waals surface area contributed by atoms with Gasteiger partial charge in [-0.05, 0) is 91.5 Å². The van der Waals surface area contributed by atoms with Crippen molar-refractivity contribution in [1.82, 2.24) is 4.72 Å². The third-order valence-corrected chi connectivity index (χ3v) is 9.71. The highest BCUT2D eigenvalue weighted by Crippen LogP contribution is 2.46. The van der Waals surface area contributed by atoms with E-state index >= 15 is 0 Å². The SMILES string of the molecule is CS(=O)(=O)NCCCCCCc1ccc(N2C(=O)[C@H](CC[C@H](O)c3ccc(F)cc3)[C@H]2c2ccc(CCC(O)(CO)CO)cc2)cc1. The molecule has 1 aliphatic rings. The summed E-state index contributed by atoms with van der Waals surface area (Å²) < 4.78 is 38.2. The van der Waals surface area contributed by atoms with Crippen LogP contribution in [0.4, 0.5) is 10.1 Å². The maximum atomic E-state index is 13.6. The van der Waals surface area contributed by atoms with Crippen LogP contribution in [-0.4, -0.2) is 66.4 Å². The molecule has 11 heteroatoms. The largest absolute Gasteiger partial charge is 0.393 e. The van der Waals surface area contributed by atoms with Gasteiger partial charge in [-0.15, -0.1) is 0 Å². The minimum Gasteiger partial charge on any atom is -0.393 e. The summed E-state index contributed by atoms with van der Waals surface area (Å²) in [6.07, 6.45) is 6.34. The number of rotatable bonds is 19. The highest BCUT2D eigenvalue weighted by atomic mass is 32.2. The second-order valence-electron chi connectivity index (χ2n) is 12.7. The van der Waals surface area contributed by atoms with Crippen molar-refractivity contribution >= 4 is 21.6 Å². The zero-order chi connectivity index (χ0) is 34.0. The first-order chi connectivity index (χ1) is 22.4. The van der Waals surface area contributed by atoms with Crippen molar-refractivity contribution in [3.05, 3.63) is 101 Å². The lowest BCUT2D eigenvalue weighted by molar-refractivity contribution is -0.131. The fraction of sp³-hybridized carbons (Fsp3) is 0.472. The summed E-state index contributed by atoms with van der Waals surface area (Å²) in [4.78, 5) is 15.4. The number of nitrogens with one attached hydrogen (secondary N) is 1. The Bertz CT molecular complexity index is 1530. The van der Waals surface area contributed by atoms with Crippen LogP contribution in [-0.2, 0) is 27.7 Å². The average molecular weight is 671 g/mol. The zero-order valence-electron chi connectivity index (χ0n) is 26.9. The van der Waals surface area contributed by atoms with E-state index < -0.39 is 34.9 Å². The summed E-state index contributed by atoms with van der Waals surface area (Å²) in [5.41, 5.74) is 2.85. The molecule has 47 heavy (non-hydrogen) atoms. The van der Waals surface area contributed by atoms with E-state index in [0.29, 0.717) is 31.4 Å². The Hall–Kier alpha value is -3.19. The zero-order valence-corrected chi connectivity index (χ0v) is 27.7. The van der Waals surface area contributed by atoms with Gasteiger partial charge in [0, 0.05) is 12.2 Å². The smallest absolute Gasteiger partial charge is 0.233 e. The molecule has 0 aliphatic carbocycles. The quantitative estimate of drug-likeness (QED) is 0.0942. The first-order valence-corrected chi connectivity index (χ1v) is 18.2. The highest BCUT2D eigenvalue weighted by Gasteiger charge is 2.48. The predicted molar refractivity (Wildman–Crippen MR) is 180 cm³/mol. The molecule has 1 amide bonds. The molecule has 9 nitrogen and oxygen atoms in total. The molecule has 0 aromatic heterocycles. The Balaban J connectivity index is 1.42. The van der Waals surface area contributed by atoms with Crippen molar-refractivity contribution < 1.29 is 38.0 Å². The molecule has 5 N–H and O–H groups in total. The number of unbranched alkanes of at least 4 members (excludes halogenated alkanes) is 3. The number of carbonyl (C=O) groups excluding carboxylic acids is 1. The molecule has 0 saturated carbocycles. The summed E-state index contributed by atoms with van der Waals surface area (Å²) in [6, 6.07) is 21.2. The average Bonchev–Trinajstić information content (AvgIpc) is 3.06. The second kappa shape index (κ2) is 16.8. The number of aryl methyl sites for hydroxylation is 2. The van der Waals surface area contributed by atoms with Crippen LogP contribution in [0.5, 0.6) is 0 Å². The van der Waals surface area contributed by atoms with Crippen LogP contribution < -0.4 is 9.62 Å². The van der Waals surface area contributed by atoms with Crippen LogP contribution in [0.1, 0.15) is 79.3 Å². The first kappa shape index (κ1) is 36.6. The molecule has 0 bridgehead atoms. The van der Waals surface area contributed by atoms with E-state index in [-0.39, 0.29) is 30.1 Å². The van der Waals surface area contributed by atoms with Gasteiger partial charge in [0.05, 0.1) is 37.5 Å². The van der Waals surface area contributed by atoms with E-state index in [9.17, 15) is 38.0 Å². The van der Waals surface area contributed by atoms with Gasteiger partial charge >= 0.3 is 0 Å². The van der Waals surface area contributed by atoms with Gasteiger partial charge in [-0.25, -0.2) is 17.5 Å². The lowest BCUT2D eigenvalue weighted by Crippen LogP contribution is -2.55. The lowest BCUT2D eigenvalue weighted by atomic mass is 9.78. The first-order valence-electron chi connectivity index (χ1n) is 16.3. The Morgan fingerprint density at radius 2 is 1.47 bits per heavy atom. The standard InChI is InChI=1S/C36H47FN2O7S/c1-47(45,46)38-23-5-3-2-4-6-26-9-17-31(18-10-26)39-34(29-11-7-27(8-12-29)21-22-36(44,24-40)25-41)32(35(39)43)19-20-33(42)28-13-15-30(37)16-14-28/h7-18,32-34,38,40-42,44H,2-6,19-25H2,1H3/t32-,33+,34-/m1/s1. The number of aliphatic hydroxyl groups is 4. The number of nitrogens with zero attached hydrogens (tertiary/aromatic N) is 1. The van der Waals surface area contributed by atoms with Crippen molar-refractivity contribution in [3.8, 4) is 0 Å². The summed E-state index contributed by atoms with van der Waals surface area (Å²) in [6.45, 7) is -0.615. The maximum Gasteiger partial charge on any atom is 0.233 e. The fourth-order valence-electron chi connectivity index (χ4n) is 6.04. The maximum absolute atomic E-state index is 13.6. The number of β-lactam (4-membered cyclic amide) rings is 1. The monoisotopic (exact) mass is 670 g/mol. The van der Waals surface area contributed by atoms with Crippen LogP contribution >= 0.6 is 0 Å². The Morgan fingerprint density at radius 3 is 2.09 bits per heavy atom. The van der Waals surface area contributed by atoms with E-state index in [2.05, 4.69) is 4.72 Å². The number of benzene rings is 3. The molecular formula is C36H47FN2O7S. The van der Waals surface area contributed by atoms with Gasteiger partial charge in [-0.2, -0.15) is 0 Å². The number of anilines is 1. The molecule has 3 aromatic carbocycles. The minimum atomic E-state index is -3.15. The molecule has 1 saturated heterocycles. The highest BCUT2D eigenvalue weighted by molar-refractivity contribution is 7.88. The van der Waals surface area contributed by atoms with Gasteiger partial charge in [0.2, 0.25) is 15.9 Å². The number of carbonyl (C=O) groups is 1. The molecule has 0 unspecified atom stereocenters. The topological polar surface area (TPSA) is 147 Å². The summed E-state index contributed by atoms with van der Waals surface area (Å²) in [5, 5.41) is 39.8. The molecule has 1 fully saturated rings. The fourth-order valence-corrected chi connectivity index (χ4v) is 6.56. The van der Waals surface area contributed by atoms with E-state index in [1.807, 2.05) is 48.5 Å². The van der Waals surface area contributed by atoms with Crippen LogP contribution in [0, 0.1) is 11.7 Å². The number of sulfonamides is 1. The van der Waals surface area contributed by atoms with Crippen LogP contribution in [0.25, 0.3) is 0 Å². The predicted octanol–water partition coefficient (Wildman–Crippen LogP) is 4.34. The molecule has 0 radical (unpaired) electrons. The molecule has 256 valence electrons. The number of hydrogen-bond donors (Lipinski definition) is 5. The van der Waals surface area contributed by atoms with Gasteiger partial charge in [0.1, 0.15) is 11.4 Å². The van der Waals surface area contributed by atoms with Crippen molar-refractivity contribution in [2.75, 3.05) is 30.9 Å². The van der Waals surface area contributed by atoms with Crippen molar-refractivity contribution in [2.45, 2.75) is 75.5 Å². The van der Waals surface area contributed by atoms with Gasteiger partial charge in [0.25, 0.3) is 0 Å². The molecule has 4 rings (SSSR count). The van der Waals surface area contributed by atoms with Gasteiger partial charge < -0.3 is 25.3 Å². The number of aliphatic hydroxyl groups excluding tert-OH is 3. The summed E-state index contributed by atoms with van der Waals surface area (Å²) in [7, 11) is -3.15. The number of halogens is 1. The van der Waals surface area contributed by atoms with Crippen LogP contribution in [0.15, 0.2) is 72.8 Å². The van der Waals surface area contributed by atoms with Crippen molar-refractivity contribution in [1.29, 1.82) is 0 Å². The van der Waals surface area contributed by atoms with E-state index in [0.717, 1.165) is 60.7 Å². The van der Waals surface area contributed by atoms with Crippen LogP contribution in [0.3, 0.4) is 0 Å². The Kier molecular flexibility index (Phi) is 13.1. The Labute approximate surface area is 277 Å². The molecule has 3 atom stereocenters. The number of amides is 1. The molecule has 1 aliphatic heterocycles. The van der Waals surface area contributed by atoms with Gasteiger partial charge in [-0.1, -0.05) is 61.4 Å². The molecule has 3 aromatic rings. The van der Waals surface area contributed by atoms with Crippen molar-refractivity contribution in [3.63, 3.8) is 0 Å². The second-order valence-corrected chi connectivity index (χ2v) is 14.5. The third kappa shape index (κ3) is 10.4. The lowest BCUT2D eigenvalue weighted by Gasteiger charge is -2.48. The summed E-state index contributed by atoms with van der Waals surface area (Å²) in [5.74, 6) is -0.768. The van der Waals surface area contributed by atoms with Crippen LogP contribution in [0.2, 0.25) is 0 Å². The van der Waals surface area contributed by atoms with Gasteiger partial charge in [-0.3, -0.25) is 4.79 Å². The van der Waals surface area contributed by atoms with Gasteiger partial charge in [0.15, 0.2) is 0 Å². The summed E-state index contributed by atoms with van der Waals surface area (Å²) >= 11 is 0. The third-order valence-electron chi connectivity index (χ3n) is 8.98. The normalized spacial score (nSPS) is 17.5. The number of hydrogen-bond acceptors (Lipinski definition) is 7. The van der Waals surface area contributed by atoms with E-state index in [1.54, 1.807) is 17.0 Å².